The lowest BCUT2D eigenvalue weighted by molar-refractivity contribution is 0.199. The molecule has 1 rings (SSSR count). The van der Waals surface area contributed by atoms with E-state index in [1.807, 2.05) is 0 Å². The van der Waals surface area contributed by atoms with Gasteiger partial charge in [-0.25, -0.2) is 0 Å². The third-order valence-corrected chi connectivity index (χ3v) is 4.08. The first-order chi connectivity index (χ1) is 8.81. The third-order valence-electron chi connectivity index (χ3n) is 2.99. The van der Waals surface area contributed by atoms with Crippen LogP contribution in [0.3, 0.4) is 0 Å². The maximum absolute atomic E-state index is 4.99. The lowest BCUT2D eigenvalue weighted by atomic mass is 10.0. The van der Waals surface area contributed by atoms with Gasteiger partial charge in [0.2, 0.25) is 0 Å². The summed E-state index contributed by atoms with van der Waals surface area (Å²) in [6.07, 6.45) is 4.92. The van der Waals surface area contributed by atoms with Gasteiger partial charge in [-0.15, -0.1) is 10.2 Å². The highest BCUT2D eigenvalue weighted by Crippen LogP contribution is 2.27. The van der Waals surface area contributed by atoms with Gasteiger partial charge in [0.25, 0.3) is 0 Å². The molecule has 0 aromatic carbocycles. The second-order valence-electron chi connectivity index (χ2n) is 4.45. The van der Waals surface area contributed by atoms with Crippen molar-refractivity contribution < 1.29 is 4.74 Å². The molecule has 1 atom stereocenters. The zero-order valence-corrected chi connectivity index (χ0v) is 12.6. The molecule has 0 radical (unpaired) electrons. The summed E-state index contributed by atoms with van der Waals surface area (Å²) in [5.74, 6) is 0.593. The van der Waals surface area contributed by atoms with Crippen LogP contribution >= 0.6 is 11.3 Å². The van der Waals surface area contributed by atoms with E-state index in [-0.39, 0.29) is 0 Å². The summed E-state index contributed by atoms with van der Waals surface area (Å²) < 4.78 is 4.99. The number of ether oxygens (including phenoxy) is 1. The molecule has 0 amide bonds. The van der Waals surface area contributed by atoms with Crippen molar-refractivity contribution in [3.63, 3.8) is 0 Å². The van der Waals surface area contributed by atoms with Crippen LogP contribution in [0.4, 0.5) is 0 Å². The first kappa shape index (κ1) is 15.5. The largest absolute Gasteiger partial charge is 0.383 e. The monoisotopic (exact) mass is 271 g/mol. The van der Waals surface area contributed by atoms with E-state index in [2.05, 4.69) is 29.4 Å². The molecular weight excluding hydrogens is 246 g/mol. The fraction of sp³-hybridized carbons (Fsp3) is 0.846. The molecular formula is C13H25N3OS. The molecule has 104 valence electrons. The smallest absolute Gasteiger partial charge is 0.131 e. The lowest BCUT2D eigenvalue weighted by Gasteiger charge is -2.09. The van der Waals surface area contributed by atoms with Crippen molar-refractivity contribution in [2.75, 3.05) is 20.3 Å². The van der Waals surface area contributed by atoms with Gasteiger partial charge in [-0.1, -0.05) is 38.0 Å². The molecule has 5 heteroatoms. The molecule has 18 heavy (non-hydrogen) atoms. The highest BCUT2D eigenvalue weighted by molar-refractivity contribution is 7.11. The van der Waals surface area contributed by atoms with E-state index in [9.17, 15) is 0 Å². The van der Waals surface area contributed by atoms with Crippen LogP contribution in [-0.4, -0.2) is 30.5 Å². The first-order valence-electron chi connectivity index (χ1n) is 6.83. The summed E-state index contributed by atoms with van der Waals surface area (Å²) >= 11 is 1.75. The van der Waals surface area contributed by atoms with Gasteiger partial charge >= 0.3 is 0 Å². The van der Waals surface area contributed by atoms with Crippen LogP contribution in [0, 0.1) is 0 Å². The zero-order chi connectivity index (χ0) is 13.2. The predicted octanol–water partition coefficient (Wildman–Crippen LogP) is 2.96. The van der Waals surface area contributed by atoms with E-state index in [1.165, 1.54) is 24.3 Å². The maximum atomic E-state index is 4.99. The maximum Gasteiger partial charge on any atom is 0.131 e. The van der Waals surface area contributed by atoms with E-state index in [0.29, 0.717) is 5.92 Å². The van der Waals surface area contributed by atoms with Crippen molar-refractivity contribution in [1.29, 1.82) is 0 Å². The summed E-state index contributed by atoms with van der Waals surface area (Å²) in [6.45, 7) is 6.86. The SMILES string of the molecule is CCCCC(CC)c1nnc(CNCCOC)s1. The quantitative estimate of drug-likeness (QED) is 0.665. The Morgan fingerprint density at radius 3 is 2.83 bits per heavy atom. The van der Waals surface area contributed by atoms with E-state index >= 15 is 0 Å². The Labute approximate surface area is 114 Å². The van der Waals surface area contributed by atoms with Gasteiger partial charge in [-0.3, -0.25) is 0 Å². The highest BCUT2D eigenvalue weighted by Gasteiger charge is 2.14. The molecule has 0 saturated carbocycles. The average Bonchev–Trinajstić information content (AvgIpc) is 2.84. The number of hydrogen-bond donors (Lipinski definition) is 1. The number of aromatic nitrogens is 2. The van der Waals surface area contributed by atoms with Crippen molar-refractivity contribution in [1.82, 2.24) is 15.5 Å². The van der Waals surface area contributed by atoms with Crippen molar-refractivity contribution >= 4 is 11.3 Å². The van der Waals surface area contributed by atoms with Crippen molar-refractivity contribution in [2.45, 2.75) is 52.0 Å². The molecule has 1 unspecified atom stereocenters. The Hall–Kier alpha value is -0.520. The normalized spacial score (nSPS) is 12.8. The van der Waals surface area contributed by atoms with Gasteiger partial charge in [-0.2, -0.15) is 0 Å². The second kappa shape index (κ2) is 9.42. The van der Waals surface area contributed by atoms with Gasteiger partial charge in [0.05, 0.1) is 6.61 Å². The summed E-state index contributed by atoms with van der Waals surface area (Å²) in [4.78, 5) is 0. The molecule has 0 spiro atoms. The van der Waals surface area contributed by atoms with Crippen molar-refractivity contribution in [3.05, 3.63) is 10.0 Å². The average molecular weight is 271 g/mol. The van der Waals surface area contributed by atoms with Gasteiger partial charge in [0.1, 0.15) is 10.0 Å². The molecule has 4 nitrogen and oxygen atoms in total. The van der Waals surface area contributed by atoms with Crippen LogP contribution in [0.5, 0.6) is 0 Å². The number of unbranched alkanes of at least 4 members (excludes halogenated alkanes) is 1. The van der Waals surface area contributed by atoms with Crippen LogP contribution < -0.4 is 5.32 Å². The zero-order valence-electron chi connectivity index (χ0n) is 11.7. The topological polar surface area (TPSA) is 47.0 Å². The molecule has 0 fully saturated rings. The third kappa shape index (κ3) is 5.42. The second-order valence-corrected chi connectivity index (χ2v) is 5.54. The minimum Gasteiger partial charge on any atom is -0.383 e. The summed E-state index contributed by atoms with van der Waals surface area (Å²) in [5, 5.41) is 14.2. The Balaban J connectivity index is 2.40. The molecule has 0 aliphatic carbocycles. The minimum atomic E-state index is 0.593. The summed E-state index contributed by atoms with van der Waals surface area (Å²) in [7, 11) is 1.71. The fourth-order valence-electron chi connectivity index (χ4n) is 1.83. The molecule has 0 aliphatic heterocycles. The number of methoxy groups -OCH3 is 1. The molecule has 1 aromatic heterocycles. The van der Waals surface area contributed by atoms with E-state index in [0.717, 1.165) is 31.1 Å². The van der Waals surface area contributed by atoms with E-state index in [1.54, 1.807) is 18.4 Å². The standard InChI is InChI=1S/C13H25N3OS/c1-4-6-7-11(5-2)13-16-15-12(18-13)10-14-8-9-17-3/h11,14H,4-10H2,1-3H3. The Morgan fingerprint density at radius 1 is 1.33 bits per heavy atom. The van der Waals surface area contributed by atoms with Gasteiger partial charge in [0, 0.05) is 26.1 Å². The highest BCUT2D eigenvalue weighted by atomic mass is 32.1. The van der Waals surface area contributed by atoms with Gasteiger partial charge < -0.3 is 10.1 Å². The number of rotatable bonds is 10. The molecule has 0 bridgehead atoms. The van der Waals surface area contributed by atoms with Crippen molar-refractivity contribution in [2.24, 2.45) is 0 Å². The Morgan fingerprint density at radius 2 is 2.17 bits per heavy atom. The van der Waals surface area contributed by atoms with Crippen LogP contribution in [0.15, 0.2) is 0 Å². The number of nitrogens with one attached hydrogen (secondary N) is 1. The lowest BCUT2D eigenvalue weighted by Crippen LogP contribution is -2.18. The number of hydrogen-bond acceptors (Lipinski definition) is 5. The van der Waals surface area contributed by atoms with Crippen LogP contribution in [0.25, 0.3) is 0 Å². The van der Waals surface area contributed by atoms with Crippen LogP contribution in [-0.2, 0) is 11.3 Å². The molecule has 1 aromatic rings. The van der Waals surface area contributed by atoms with Gasteiger partial charge in [0.15, 0.2) is 0 Å². The van der Waals surface area contributed by atoms with Crippen LogP contribution in [0.1, 0.15) is 55.5 Å². The fourth-order valence-corrected chi connectivity index (χ4v) is 2.86. The van der Waals surface area contributed by atoms with E-state index < -0.39 is 0 Å². The predicted molar refractivity (Wildman–Crippen MR) is 76.0 cm³/mol. The molecule has 0 aliphatic rings. The van der Waals surface area contributed by atoms with Gasteiger partial charge in [-0.05, 0) is 12.8 Å². The summed E-state index contributed by atoms with van der Waals surface area (Å²) in [6, 6.07) is 0. The Bertz CT molecular complexity index is 317. The van der Waals surface area contributed by atoms with Crippen molar-refractivity contribution in [3.8, 4) is 0 Å². The van der Waals surface area contributed by atoms with Crippen LogP contribution in [0.2, 0.25) is 0 Å². The molecule has 1 N–H and O–H groups in total. The van der Waals surface area contributed by atoms with E-state index in [4.69, 9.17) is 4.74 Å². The molecule has 1 heterocycles. The summed E-state index contributed by atoms with van der Waals surface area (Å²) in [5.41, 5.74) is 0. The number of nitrogens with zero attached hydrogens (tertiary/aromatic N) is 2. The Kier molecular flexibility index (Phi) is 8.13. The molecule has 0 saturated heterocycles. The minimum absolute atomic E-state index is 0.593. The first-order valence-corrected chi connectivity index (χ1v) is 7.65.